The molecule has 0 amide bonds. The summed E-state index contributed by atoms with van der Waals surface area (Å²) in [7, 11) is 0. The van der Waals surface area contributed by atoms with E-state index in [0.717, 1.165) is 12.8 Å². The van der Waals surface area contributed by atoms with E-state index in [1.807, 2.05) is 6.29 Å². The number of nitrogens with two attached hydrogens (primary N) is 1. The average Bonchev–Trinajstić information content (AvgIpc) is 2.37. The van der Waals surface area contributed by atoms with Gasteiger partial charge >= 0.3 is 0 Å². The normalized spacial score (nSPS) is 24.1. The zero-order chi connectivity index (χ0) is 6.69. The zero-order valence-corrected chi connectivity index (χ0v) is 5.47. The van der Waals surface area contributed by atoms with Crippen molar-refractivity contribution in [3.8, 4) is 0 Å². The van der Waals surface area contributed by atoms with Crippen molar-refractivity contribution in [2.24, 2.45) is 11.7 Å². The van der Waals surface area contributed by atoms with Crippen molar-refractivity contribution < 1.29 is 4.79 Å². The Balaban J connectivity index is 2.32. The minimum atomic E-state index is -0.313. The smallest absolute Gasteiger partial charge is 0.216 e. The van der Waals surface area contributed by atoms with Crippen LogP contribution in [-0.4, -0.2) is 12.3 Å². The molecule has 0 heterocycles. The van der Waals surface area contributed by atoms with Crippen LogP contribution in [0.5, 0.6) is 0 Å². The summed E-state index contributed by atoms with van der Waals surface area (Å²) in [5, 5.41) is 0. The number of carbonyl (C=O) groups excluding carboxylic acids is 1. The zero-order valence-electron chi connectivity index (χ0n) is 5.47. The predicted octanol–water partition coefficient (Wildman–Crippen LogP) is 0.614. The monoisotopic (exact) mass is 126 g/mol. The fourth-order valence-electron chi connectivity index (χ4n) is 1.41. The second-order valence-electron chi connectivity index (χ2n) is 2.69. The topological polar surface area (TPSA) is 43.1 Å². The molecule has 0 aromatic carbocycles. The molecular weight excluding hydrogens is 114 g/mol. The molecule has 2 nitrogen and oxygen atoms in total. The SMILES string of the molecule is N[C@H]([C]=O)C1CCCC1. The van der Waals surface area contributed by atoms with Crippen molar-refractivity contribution in [3.63, 3.8) is 0 Å². The first-order valence-corrected chi connectivity index (χ1v) is 3.48. The van der Waals surface area contributed by atoms with E-state index in [1.54, 1.807) is 0 Å². The molecule has 2 heteroatoms. The van der Waals surface area contributed by atoms with Crippen molar-refractivity contribution >= 4 is 6.29 Å². The molecule has 1 saturated carbocycles. The maximum absolute atomic E-state index is 10.0. The Morgan fingerprint density at radius 3 is 2.44 bits per heavy atom. The molecule has 0 aromatic heterocycles. The summed E-state index contributed by atoms with van der Waals surface area (Å²) < 4.78 is 0. The molecular formula is C7H12NO. The Morgan fingerprint density at radius 1 is 1.44 bits per heavy atom. The third-order valence-electron chi connectivity index (χ3n) is 2.04. The standard InChI is InChI=1S/C7H12NO/c8-7(5-9)6-3-1-2-4-6/h6-7H,1-4,8H2/t7-/m1/s1. The summed E-state index contributed by atoms with van der Waals surface area (Å²) in [4.78, 5) is 10.0. The first-order valence-electron chi connectivity index (χ1n) is 3.48. The van der Waals surface area contributed by atoms with Crippen molar-refractivity contribution in [1.29, 1.82) is 0 Å². The molecule has 0 unspecified atom stereocenters. The van der Waals surface area contributed by atoms with Crippen molar-refractivity contribution in [2.75, 3.05) is 0 Å². The van der Waals surface area contributed by atoms with Gasteiger partial charge in [0.05, 0.1) is 6.04 Å². The van der Waals surface area contributed by atoms with Gasteiger partial charge in [-0.15, -0.1) is 0 Å². The molecule has 1 rings (SSSR count). The van der Waals surface area contributed by atoms with Crippen LogP contribution in [-0.2, 0) is 4.79 Å². The largest absolute Gasteiger partial charge is 0.321 e. The van der Waals surface area contributed by atoms with Gasteiger partial charge in [-0.1, -0.05) is 12.8 Å². The summed E-state index contributed by atoms with van der Waals surface area (Å²) >= 11 is 0. The molecule has 1 aliphatic carbocycles. The third kappa shape index (κ3) is 1.52. The Hall–Kier alpha value is -0.370. The van der Waals surface area contributed by atoms with Crippen molar-refractivity contribution in [1.82, 2.24) is 0 Å². The van der Waals surface area contributed by atoms with Crippen LogP contribution in [0.2, 0.25) is 0 Å². The van der Waals surface area contributed by atoms with E-state index in [4.69, 9.17) is 5.73 Å². The fourth-order valence-corrected chi connectivity index (χ4v) is 1.41. The van der Waals surface area contributed by atoms with E-state index < -0.39 is 0 Å². The Bertz CT molecular complexity index is 97.1. The third-order valence-corrected chi connectivity index (χ3v) is 2.04. The molecule has 1 atom stereocenters. The first-order chi connectivity index (χ1) is 4.34. The lowest BCUT2D eigenvalue weighted by atomic mass is 10.0. The quantitative estimate of drug-likeness (QED) is 0.589. The van der Waals surface area contributed by atoms with Crippen LogP contribution in [0.3, 0.4) is 0 Å². The highest BCUT2D eigenvalue weighted by molar-refractivity contribution is 5.58. The molecule has 0 aliphatic heterocycles. The van der Waals surface area contributed by atoms with Crippen LogP contribution >= 0.6 is 0 Å². The molecule has 2 N–H and O–H groups in total. The van der Waals surface area contributed by atoms with Gasteiger partial charge in [-0.2, -0.15) is 0 Å². The molecule has 1 radical (unpaired) electrons. The van der Waals surface area contributed by atoms with Crippen LogP contribution < -0.4 is 5.73 Å². The second kappa shape index (κ2) is 2.97. The van der Waals surface area contributed by atoms with E-state index in [1.165, 1.54) is 12.8 Å². The number of hydrogen-bond acceptors (Lipinski definition) is 2. The van der Waals surface area contributed by atoms with Gasteiger partial charge in [0.15, 0.2) is 0 Å². The molecule has 0 aromatic rings. The van der Waals surface area contributed by atoms with Gasteiger partial charge in [0.1, 0.15) is 0 Å². The Kier molecular flexibility index (Phi) is 2.22. The van der Waals surface area contributed by atoms with Gasteiger partial charge in [0.25, 0.3) is 0 Å². The molecule has 1 fully saturated rings. The van der Waals surface area contributed by atoms with E-state index in [9.17, 15) is 4.79 Å². The summed E-state index contributed by atoms with van der Waals surface area (Å²) in [6.45, 7) is 0. The minimum absolute atomic E-state index is 0.313. The summed E-state index contributed by atoms with van der Waals surface area (Å²) in [6, 6.07) is -0.313. The highest BCUT2D eigenvalue weighted by Gasteiger charge is 2.21. The van der Waals surface area contributed by atoms with Gasteiger partial charge in [0.2, 0.25) is 6.29 Å². The van der Waals surface area contributed by atoms with Crippen molar-refractivity contribution in [2.45, 2.75) is 31.7 Å². The maximum atomic E-state index is 10.0. The van der Waals surface area contributed by atoms with E-state index in [0.29, 0.717) is 5.92 Å². The van der Waals surface area contributed by atoms with Crippen LogP contribution in [0.1, 0.15) is 25.7 Å². The summed E-state index contributed by atoms with van der Waals surface area (Å²) in [5.74, 6) is 0.433. The second-order valence-corrected chi connectivity index (χ2v) is 2.69. The number of hydrogen-bond donors (Lipinski definition) is 1. The predicted molar refractivity (Wildman–Crippen MR) is 35.6 cm³/mol. The van der Waals surface area contributed by atoms with Crippen LogP contribution in [0.15, 0.2) is 0 Å². The summed E-state index contributed by atoms with van der Waals surface area (Å²) in [5.41, 5.74) is 5.45. The van der Waals surface area contributed by atoms with Gasteiger partial charge in [-0.25, -0.2) is 0 Å². The van der Waals surface area contributed by atoms with Gasteiger partial charge in [-0.05, 0) is 18.8 Å². The molecule has 1 aliphatic rings. The van der Waals surface area contributed by atoms with Gasteiger partial charge < -0.3 is 5.73 Å². The Labute approximate surface area is 55.4 Å². The average molecular weight is 126 g/mol. The fraction of sp³-hybridized carbons (Fsp3) is 0.857. The Morgan fingerprint density at radius 2 is 2.00 bits per heavy atom. The lowest BCUT2D eigenvalue weighted by molar-refractivity contribution is 0.469. The molecule has 0 spiro atoms. The van der Waals surface area contributed by atoms with E-state index in [-0.39, 0.29) is 6.04 Å². The van der Waals surface area contributed by atoms with E-state index in [2.05, 4.69) is 0 Å². The highest BCUT2D eigenvalue weighted by Crippen LogP contribution is 2.25. The van der Waals surface area contributed by atoms with Crippen LogP contribution in [0.4, 0.5) is 0 Å². The molecule has 9 heavy (non-hydrogen) atoms. The molecule has 51 valence electrons. The van der Waals surface area contributed by atoms with Gasteiger partial charge in [-0.3, -0.25) is 4.79 Å². The molecule has 0 saturated heterocycles. The van der Waals surface area contributed by atoms with Crippen LogP contribution in [0.25, 0.3) is 0 Å². The summed E-state index contributed by atoms with van der Waals surface area (Å²) in [6.07, 6.45) is 6.55. The molecule has 0 bridgehead atoms. The van der Waals surface area contributed by atoms with E-state index >= 15 is 0 Å². The minimum Gasteiger partial charge on any atom is -0.321 e. The maximum Gasteiger partial charge on any atom is 0.216 e. The first kappa shape index (κ1) is 6.75. The van der Waals surface area contributed by atoms with Gasteiger partial charge in [0, 0.05) is 0 Å². The van der Waals surface area contributed by atoms with Crippen LogP contribution in [0, 0.1) is 5.92 Å². The highest BCUT2D eigenvalue weighted by atomic mass is 16.1. The van der Waals surface area contributed by atoms with Crippen molar-refractivity contribution in [3.05, 3.63) is 0 Å². The lowest BCUT2D eigenvalue weighted by Gasteiger charge is -2.09. The number of rotatable bonds is 2. The lowest BCUT2D eigenvalue weighted by Crippen LogP contribution is -2.29.